The Kier molecular flexibility index (Phi) is 6.45. The predicted octanol–water partition coefficient (Wildman–Crippen LogP) is 4.43. The number of ether oxygens (including phenoxy) is 1. The lowest BCUT2D eigenvalue weighted by Gasteiger charge is -2.22. The van der Waals surface area contributed by atoms with Gasteiger partial charge in [0.1, 0.15) is 0 Å². The maximum atomic E-state index is 6.12. The zero-order valence-electron chi connectivity index (χ0n) is 11.1. The first kappa shape index (κ1) is 15.1. The molecular weight excluding hydrogens is 281 g/mol. The summed E-state index contributed by atoms with van der Waals surface area (Å²) in [7, 11) is 0. The average molecular weight is 302 g/mol. The SMILES string of the molecule is Clc1cccc(CNCCOC2CCCCC2)c1Cl. The molecule has 0 aromatic heterocycles. The van der Waals surface area contributed by atoms with E-state index >= 15 is 0 Å². The van der Waals surface area contributed by atoms with Gasteiger partial charge in [-0.05, 0) is 24.5 Å². The highest BCUT2D eigenvalue weighted by Gasteiger charge is 2.12. The van der Waals surface area contributed by atoms with Crippen molar-refractivity contribution in [1.82, 2.24) is 5.32 Å². The Morgan fingerprint density at radius 1 is 1.16 bits per heavy atom. The Labute approximate surface area is 125 Å². The van der Waals surface area contributed by atoms with E-state index in [2.05, 4.69) is 5.32 Å². The summed E-state index contributed by atoms with van der Waals surface area (Å²) in [6.07, 6.45) is 6.92. The lowest BCUT2D eigenvalue weighted by atomic mass is 9.98. The maximum absolute atomic E-state index is 6.12. The van der Waals surface area contributed by atoms with Gasteiger partial charge in [-0.25, -0.2) is 0 Å². The molecule has 0 radical (unpaired) electrons. The van der Waals surface area contributed by atoms with Gasteiger partial charge >= 0.3 is 0 Å². The van der Waals surface area contributed by atoms with Crippen LogP contribution in [-0.4, -0.2) is 19.3 Å². The van der Waals surface area contributed by atoms with Crippen LogP contribution >= 0.6 is 23.2 Å². The Hall–Kier alpha value is -0.280. The van der Waals surface area contributed by atoms with Crippen molar-refractivity contribution in [3.05, 3.63) is 33.8 Å². The van der Waals surface area contributed by atoms with Crippen molar-refractivity contribution in [1.29, 1.82) is 0 Å². The van der Waals surface area contributed by atoms with Crippen LogP contribution in [0.5, 0.6) is 0 Å². The molecule has 1 saturated carbocycles. The Balaban J connectivity index is 1.62. The molecule has 4 heteroatoms. The summed E-state index contributed by atoms with van der Waals surface area (Å²) < 4.78 is 5.85. The third-order valence-corrected chi connectivity index (χ3v) is 4.39. The summed E-state index contributed by atoms with van der Waals surface area (Å²) in [5, 5.41) is 4.60. The molecule has 106 valence electrons. The summed E-state index contributed by atoms with van der Waals surface area (Å²) in [5.41, 5.74) is 1.03. The molecule has 0 aliphatic heterocycles. The van der Waals surface area contributed by atoms with Crippen LogP contribution in [0.1, 0.15) is 37.7 Å². The molecular formula is C15H21Cl2NO. The van der Waals surface area contributed by atoms with E-state index in [0.29, 0.717) is 16.1 Å². The van der Waals surface area contributed by atoms with Crippen LogP contribution in [0.15, 0.2) is 18.2 Å². The van der Waals surface area contributed by atoms with Crippen LogP contribution in [-0.2, 0) is 11.3 Å². The fraction of sp³-hybridized carbons (Fsp3) is 0.600. The van der Waals surface area contributed by atoms with Crippen molar-refractivity contribution in [3.63, 3.8) is 0 Å². The van der Waals surface area contributed by atoms with Gasteiger partial charge in [0.2, 0.25) is 0 Å². The second-order valence-electron chi connectivity index (χ2n) is 5.02. The van der Waals surface area contributed by atoms with E-state index in [-0.39, 0.29) is 0 Å². The third-order valence-electron chi connectivity index (χ3n) is 3.53. The molecule has 0 heterocycles. The van der Waals surface area contributed by atoms with Crippen LogP contribution < -0.4 is 5.32 Å². The number of benzene rings is 1. The summed E-state index contributed by atoms with van der Waals surface area (Å²) in [6, 6.07) is 5.71. The molecule has 1 aliphatic rings. The van der Waals surface area contributed by atoms with Crippen LogP contribution in [0.2, 0.25) is 10.0 Å². The van der Waals surface area contributed by atoms with Gasteiger partial charge < -0.3 is 10.1 Å². The summed E-state index contributed by atoms with van der Waals surface area (Å²) >= 11 is 12.1. The molecule has 1 aliphatic carbocycles. The van der Waals surface area contributed by atoms with E-state index in [0.717, 1.165) is 25.3 Å². The molecule has 1 aromatic rings. The normalized spacial score (nSPS) is 16.7. The largest absolute Gasteiger partial charge is 0.377 e. The minimum absolute atomic E-state index is 0.477. The predicted molar refractivity (Wildman–Crippen MR) is 81.0 cm³/mol. The molecule has 2 rings (SSSR count). The molecule has 1 N–H and O–H groups in total. The molecule has 1 fully saturated rings. The van der Waals surface area contributed by atoms with Crippen molar-refractivity contribution in [2.45, 2.75) is 44.8 Å². The van der Waals surface area contributed by atoms with Crippen molar-refractivity contribution >= 4 is 23.2 Å². The van der Waals surface area contributed by atoms with Gasteiger partial charge in [0.25, 0.3) is 0 Å². The number of hydrogen-bond donors (Lipinski definition) is 1. The summed E-state index contributed by atoms with van der Waals surface area (Å²) in [4.78, 5) is 0. The molecule has 0 saturated heterocycles. The second-order valence-corrected chi connectivity index (χ2v) is 5.81. The van der Waals surface area contributed by atoms with Gasteiger partial charge in [-0.3, -0.25) is 0 Å². The first-order chi connectivity index (χ1) is 9.27. The van der Waals surface area contributed by atoms with Crippen molar-refractivity contribution < 1.29 is 4.74 Å². The van der Waals surface area contributed by atoms with Gasteiger partial charge in [-0.2, -0.15) is 0 Å². The van der Waals surface area contributed by atoms with Crippen molar-refractivity contribution in [2.75, 3.05) is 13.2 Å². The standard InChI is InChI=1S/C15H21Cl2NO/c16-14-8-4-5-12(15(14)17)11-18-9-10-19-13-6-2-1-3-7-13/h4-5,8,13,18H,1-3,6-7,9-11H2. The van der Waals surface area contributed by atoms with Gasteiger partial charge in [0.05, 0.1) is 22.8 Å². The summed E-state index contributed by atoms with van der Waals surface area (Å²) in [6.45, 7) is 2.34. The first-order valence-corrected chi connectivity index (χ1v) is 7.78. The van der Waals surface area contributed by atoms with E-state index in [4.69, 9.17) is 27.9 Å². The molecule has 0 spiro atoms. The van der Waals surface area contributed by atoms with Gasteiger partial charge in [0.15, 0.2) is 0 Å². The Bertz CT molecular complexity index is 392. The van der Waals surface area contributed by atoms with E-state index in [1.165, 1.54) is 32.1 Å². The number of nitrogens with one attached hydrogen (secondary N) is 1. The lowest BCUT2D eigenvalue weighted by Crippen LogP contribution is -2.24. The van der Waals surface area contributed by atoms with Gasteiger partial charge in [0, 0.05) is 13.1 Å². The number of hydrogen-bond acceptors (Lipinski definition) is 2. The van der Waals surface area contributed by atoms with Crippen LogP contribution in [0, 0.1) is 0 Å². The van der Waals surface area contributed by atoms with Crippen molar-refractivity contribution in [3.8, 4) is 0 Å². The van der Waals surface area contributed by atoms with E-state index in [1.54, 1.807) is 6.07 Å². The first-order valence-electron chi connectivity index (χ1n) is 7.02. The van der Waals surface area contributed by atoms with E-state index < -0.39 is 0 Å². The Morgan fingerprint density at radius 3 is 2.74 bits per heavy atom. The minimum atomic E-state index is 0.477. The number of halogens is 2. The smallest absolute Gasteiger partial charge is 0.0637 e. The zero-order valence-corrected chi connectivity index (χ0v) is 12.6. The zero-order chi connectivity index (χ0) is 13.5. The molecule has 0 unspecified atom stereocenters. The lowest BCUT2D eigenvalue weighted by molar-refractivity contribution is 0.0302. The maximum Gasteiger partial charge on any atom is 0.0637 e. The second kappa shape index (κ2) is 8.11. The van der Waals surface area contributed by atoms with E-state index in [1.807, 2.05) is 12.1 Å². The average Bonchev–Trinajstić information content (AvgIpc) is 2.44. The van der Waals surface area contributed by atoms with Crippen LogP contribution in [0.3, 0.4) is 0 Å². The van der Waals surface area contributed by atoms with Crippen LogP contribution in [0.25, 0.3) is 0 Å². The Morgan fingerprint density at radius 2 is 1.95 bits per heavy atom. The molecule has 19 heavy (non-hydrogen) atoms. The molecule has 0 atom stereocenters. The number of rotatable bonds is 6. The fourth-order valence-corrected chi connectivity index (χ4v) is 2.82. The molecule has 1 aromatic carbocycles. The highest BCUT2D eigenvalue weighted by molar-refractivity contribution is 6.42. The highest BCUT2D eigenvalue weighted by Crippen LogP contribution is 2.25. The molecule has 0 bridgehead atoms. The van der Waals surface area contributed by atoms with Gasteiger partial charge in [-0.1, -0.05) is 54.6 Å². The third kappa shape index (κ3) is 4.96. The highest BCUT2D eigenvalue weighted by atomic mass is 35.5. The van der Waals surface area contributed by atoms with Crippen LogP contribution in [0.4, 0.5) is 0 Å². The summed E-state index contributed by atoms with van der Waals surface area (Å²) in [5.74, 6) is 0. The molecule has 2 nitrogen and oxygen atoms in total. The van der Waals surface area contributed by atoms with E-state index in [9.17, 15) is 0 Å². The topological polar surface area (TPSA) is 21.3 Å². The van der Waals surface area contributed by atoms with Gasteiger partial charge in [-0.15, -0.1) is 0 Å². The molecule has 0 amide bonds. The monoisotopic (exact) mass is 301 g/mol. The fourth-order valence-electron chi connectivity index (χ4n) is 2.44. The quantitative estimate of drug-likeness (QED) is 0.785. The van der Waals surface area contributed by atoms with Crippen molar-refractivity contribution in [2.24, 2.45) is 0 Å². The minimum Gasteiger partial charge on any atom is -0.377 e.